The van der Waals surface area contributed by atoms with E-state index in [0.29, 0.717) is 11.4 Å². The normalized spacial score (nSPS) is 20.0. The minimum absolute atomic E-state index is 0.0739. The Morgan fingerprint density at radius 3 is 2.52 bits per heavy atom. The number of alkyl halides is 3. The first-order valence-corrected chi connectivity index (χ1v) is 10.1. The van der Waals surface area contributed by atoms with Gasteiger partial charge in [-0.3, -0.25) is 4.79 Å². The SMILES string of the molecule is CC(C)(CO)NC(=O)c1cnc(Nc2ccc(F)c(C(F)(F)F)c2)c2c1C1CCC2C1. The highest BCUT2D eigenvalue weighted by atomic mass is 19.4. The van der Waals surface area contributed by atoms with Gasteiger partial charge < -0.3 is 15.7 Å². The number of fused-ring (bicyclic) bond motifs is 5. The van der Waals surface area contributed by atoms with E-state index in [0.717, 1.165) is 42.5 Å². The van der Waals surface area contributed by atoms with E-state index in [9.17, 15) is 27.5 Å². The number of amides is 1. The van der Waals surface area contributed by atoms with E-state index in [1.54, 1.807) is 13.8 Å². The largest absolute Gasteiger partial charge is 0.419 e. The second kappa shape index (κ2) is 7.47. The molecular formula is C22H23F4N3O2. The van der Waals surface area contributed by atoms with Crippen molar-refractivity contribution in [2.75, 3.05) is 11.9 Å². The Hall–Kier alpha value is -2.68. The Labute approximate surface area is 176 Å². The maximum atomic E-state index is 13.6. The molecule has 2 aliphatic carbocycles. The van der Waals surface area contributed by atoms with Crippen molar-refractivity contribution in [2.24, 2.45) is 0 Å². The number of halogens is 4. The number of aliphatic hydroxyl groups excluding tert-OH is 1. The molecule has 2 unspecified atom stereocenters. The molecule has 4 rings (SSSR count). The van der Waals surface area contributed by atoms with E-state index in [-0.39, 0.29) is 30.0 Å². The van der Waals surface area contributed by atoms with E-state index in [1.807, 2.05) is 0 Å². The van der Waals surface area contributed by atoms with Gasteiger partial charge in [-0.2, -0.15) is 13.2 Å². The smallest absolute Gasteiger partial charge is 0.394 e. The van der Waals surface area contributed by atoms with E-state index < -0.39 is 23.1 Å². The number of hydrogen-bond acceptors (Lipinski definition) is 4. The van der Waals surface area contributed by atoms with Crippen LogP contribution in [0.5, 0.6) is 0 Å². The molecule has 9 heteroatoms. The quantitative estimate of drug-likeness (QED) is 0.585. The molecule has 1 aromatic carbocycles. The number of anilines is 2. The number of hydrogen-bond donors (Lipinski definition) is 3. The number of nitrogens with zero attached hydrogens (tertiary/aromatic N) is 1. The Bertz CT molecular complexity index is 1040. The molecule has 1 fully saturated rings. The first-order chi connectivity index (χ1) is 14.5. The molecule has 3 N–H and O–H groups in total. The summed E-state index contributed by atoms with van der Waals surface area (Å²) in [5.41, 5.74) is 0.0365. The fraction of sp³-hybridized carbons (Fsp3) is 0.455. The molecule has 2 atom stereocenters. The van der Waals surface area contributed by atoms with E-state index in [2.05, 4.69) is 15.6 Å². The Morgan fingerprint density at radius 2 is 1.87 bits per heavy atom. The molecule has 31 heavy (non-hydrogen) atoms. The van der Waals surface area contributed by atoms with Gasteiger partial charge in [0, 0.05) is 17.4 Å². The molecule has 2 aliphatic rings. The Kier molecular flexibility index (Phi) is 5.20. The molecule has 0 spiro atoms. The average molecular weight is 437 g/mol. The van der Waals surface area contributed by atoms with Gasteiger partial charge in [-0.05, 0) is 68.7 Å². The van der Waals surface area contributed by atoms with Crippen LogP contribution in [0, 0.1) is 5.82 Å². The third-order valence-electron chi connectivity index (χ3n) is 6.03. The van der Waals surface area contributed by atoms with Gasteiger partial charge >= 0.3 is 6.18 Å². The van der Waals surface area contributed by atoms with Crippen LogP contribution in [0.3, 0.4) is 0 Å². The van der Waals surface area contributed by atoms with Gasteiger partial charge in [-0.25, -0.2) is 9.37 Å². The van der Waals surface area contributed by atoms with Crippen LogP contribution in [0.15, 0.2) is 24.4 Å². The molecule has 5 nitrogen and oxygen atoms in total. The average Bonchev–Trinajstić information content (AvgIpc) is 3.31. The number of carbonyl (C=O) groups excluding carboxylic acids is 1. The predicted molar refractivity (Wildman–Crippen MR) is 107 cm³/mol. The molecule has 2 aromatic rings. The lowest BCUT2D eigenvalue weighted by molar-refractivity contribution is -0.139. The number of aromatic nitrogens is 1. The van der Waals surface area contributed by atoms with Crippen LogP contribution in [-0.2, 0) is 6.18 Å². The van der Waals surface area contributed by atoms with Crippen LogP contribution >= 0.6 is 0 Å². The summed E-state index contributed by atoms with van der Waals surface area (Å²) in [5.74, 6) is -0.951. The van der Waals surface area contributed by atoms with Crippen LogP contribution < -0.4 is 10.6 Å². The van der Waals surface area contributed by atoms with Gasteiger partial charge in [-0.1, -0.05) is 0 Å². The highest BCUT2D eigenvalue weighted by Crippen LogP contribution is 2.56. The van der Waals surface area contributed by atoms with Gasteiger partial charge in [0.15, 0.2) is 0 Å². The van der Waals surface area contributed by atoms with Crippen molar-refractivity contribution in [2.45, 2.75) is 56.7 Å². The Morgan fingerprint density at radius 1 is 1.19 bits per heavy atom. The lowest BCUT2D eigenvalue weighted by Gasteiger charge is -2.26. The summed E-state index contributed by atoms with van der Waals surface area (Å²) in [7, 11) is 0. The molecular weight excluding hydrogens is 414 g/mol. The van der Waals surface area contributed by atoms with Crippen LogP contribution in [-0.4, -0.2) is 28.1 Å². The van der Waals surface area contributed by atoms with Crippen LogP contribution in [0.4, 0.5) is 29.1 Å². The minimum Gasteiger partial charge on any atom is -0.394 e. The highest BCUT2D eigenvalue weighted by Gasteiger charge is 2.42. The lowest BCUT2D eigenvalue weighted by atomic mass is 9.88. The number of pyridine rings is 1. The monoisotopic (exact) mass is 437 g/mol. The maximum absolute atomic E-state index is 13.6. The third kappa shape index (κ3) is 3.98. The van der Waals surface area contributed by atoms with E-state index >= 15 is 0 Å². The van der Waals surface area contributed by atoms with Crippen molar-refractivity contribution in [1.82, 2.24) is 10.3 Å². The van der Waals surface area contributed by atoms with Crippen LogP contribution in [0.2, 0.25) is 0 Å². The van der Waals surface area contributed by atoms with Crippen molar-refractivity contribution in [1.29, 1.82) is 0 Å². The lowest BCUT2D eigenvalue weighted by Crippen LogP contribution is -2.46. The van der Waals surface area contributed by atoms with Crippen LogP contribution in [0.1, 0.15) is 72.0 Å². The van der Waals surface area contributed by atoms with Crippen molar-refractivity contribution >= 4 is 17.4 Å². The number of rotatable bonds is 5. The second-order valence-electron chi connectivity index (χ2n) is 8.87. The van der Waals surface area contributed by atoms with E-state index in [1.165, 1.54) is 12.3 Å². The van der Waals surface area contributed by atoms with Crippen molar-refractivity contribution in [3.63, 3.8) is 0 Å². The van der Waals surface area contributed by atoms with Gasteiger partial charge in [0.25, 0.3) is 5.91 Å². The van der Waals surface area contributed by atoms with Gasteiger partial charge in [-0.15, -0.1) is 0 Å². The minimum atomic E-state index is -4.81. The summed E-state index contributed by atoms with van der Waals surface area (Å²) in [6, 6.07) is 2.73. The number of carbonyl (C=O) groups is 1. The topological polar surface area (TPSA) is 74.2 Å². The highest BCUT2D eigenvalue weighted by molar-refractivity contribution is 5.97. The molecule has 1 heterocycles. The number of aliphatic hydroxyl groups is 1. The second-order valence-corrected chi connectivity index (χ2v) is 8.87. The summed E-state index contributed by atoms with van der Waals surface area (Å²) in [4.78, 5) is 17.2. The molecule has 0 aliphatic heterocycles. The zero-order valence-electron chi connectivity index (χ0n) is 17.1. The Balaban J connectivity index is 1.71. The van der Waals surface area contributed by atoms with Gasteiger partial charge in [0.05, 0.1) is 23.3 Å². The van der Waals surface area contributed by atoms with Crippen molar-refractivity contribution in [3.05, 3.63) is 52.5 Å². The molecule has 0 saturated heterocycles. The van der Waals surface area contributed by atoms with Gasteiger partial charge in [0.2, 0.25) is 0 Å². The van der Waals surface area contributed by atoms with Crippen molar-refractivity contribution in [3.8, 4) is 0 Å². The number of benzene rings is 1. The first kappa shape index (κ1) is 21.5. The maximum Gasteiger partial charge on any atom is 0.419 e. The molecule has 166 valence electrons. The zero-order chi connectivity index (χ0) is 22.6. The van der Waals surface area contributed by atoms with E-state index in [4.69, 9.17) is 0 Å². The molecule has 0 radical (unpaired) electrons. The zero-order valence-corrected chi connectivity index (χ0v) is 17.1. The molecule has 1 aromatic heterocycles. The van der Waals surface area contributed by atoms with Crippen molar-refractivity contribution < 1.29 is 27.5 Å². The standard InChI is InChI=1S/C22H23F4N3O2/c1-21(2,10-30)29-20(31)14-9-27-19(18-12-4-3-11(7-12)17(14)18)28-13-5-6-16(23)15(8-13)22(24,25)26/h5-6,8-9,11-12,30H,3-4,7,10H2,1-2H3,(H,27,28)(H,29,31). The summed E-state index contributed by atoms with van der Waals surface area (Å²) >= 11 is 0. The fourth-order valence-corrected chi connectivity index (χ4v) is 4.55. The first-order valence-electron chi connectivity index (χ1n) is 10.1. The fourth-order valence-electron chi connectivity index (χ4n) is 4.55. The summed E-state index contributed by atoms with van der Waals surface area (Å²) in [6.07, 6.45) is -0.689. The molecule has 2 bridgehead atoms. The van der Waals surface area contributed by atoms with Gasteiger partial charge in [0.1, 0.15) is 11.6 Å². The molecule has 1 saturated carbocycles. The number of nitrogens with one attached hydrogen (secondary N) is 2. The molecule has 1 amide bonds. The summed E-state index contributed by atoms with van der Waals surface area (Å²) in [5, 5.41) is 15.1. The van der Waals surface area contributed by atoms with Crippen LogP contribution in [0.25, 0.3) is 0 Å². The summed E-state index contributed by atoms with van der Waals surface area (Å²) < 4.78 is 52.8. The third-order valence-corrected chi connectivity index (χ3v) is 6.03. The predicted octanol–water partition coefficient (Wildman–Crippen LogP) is 4.85. The summed E-state index contributed by atoms with van der Waals surface area (Å²) in [6.45, 7) is 3.17.